The summed E-state index contributed by atoms with van der Waals surface area (Å²) >= 11 is 5.57. The van der Waals surface area contributed by atoms with Gasteiger partial charge in [-0.3, -0.25) is 0 Å². The lowest BCUT2D eigenvalue weighted by atomic mass is 9.97. The van der Waals surface area contributed by atoms with Gasteiger partial charge in [0.25, 0.3) is 0 Å². The predicted molar refractivity (Wildman–Crippen MR) is 65.4 cm³/mol. The standard InChI is InChI=1S/C12H17ClFNO/c1-3-12(16,4-2)8-15-9-5-6-10(13)11(14)7-9/h5-7,15-16H,3-4,8H2,1-2H3. The molecule has 0 aromatic heterocycles. The molecule has 90 valence electrons. The van der Waals surface area contributed by atoms with Crippen LogP contribution in [0.3, 0.4) is 0 Å². The summed E-state index contributed by atoms with van der Waals surface area (Å²) in [6.07, 6.45) is 1.32. The number of aliphatic hydroxyl groups is 1. The Morgan fingerprint density at radius 2 is 2.00 bits per heavy atom. The van der Waals surface area contributed by atoms with Gasteiger partial charge in [0.15, 0.2) is 0 Å². The van der Waals surface area contributed by atoms with Gasteiger partial charge in [0.05, 0.1) is 10.6 Å². The molecule has 0 unspecified atom stereocenters. The maximum Gasteiger partial charge on any atom is 0.143 e. The van der Waals surface area contributed by atoms with Crippen molar-refractivity contribution >= 4 is 17.3 Å². The molecule has 0 spiro atoms. The van der Waals surface area contributed by atoms with Gasteiger partial charge < -0.3 is 10.4 Å². The molecule has 0 aliphatic heterocycles. The molecule has 2 N–H and O–H groups in total. The summed E-state index contributed by atoms with van der Waals surface area (Å²) in [5.74, 6) is -0.455. The van der Waals surface area contributed by atoms with Crippen LogP contribution in [0.2, 0.25) is 5.02 Å². The van der Waals surface area contributed by atoms with Gasteiger partial charge in [-0.25, -0.2) is 4.39 Å². The van der Waals surface area contributed by atoms with Crippen LogP contribution in [-0.2, 0) is 0 Å². The smallest absolute Gasteiger partial charge is 0.143 e. The van der Waals surface area contributed by atoms with Crippen molar-refractivity contribution in [3.05, 3.63) is 29.0 Å². The molecule has 16 heavy (non-hydrogen) atoms. The highest BCUT2D eigenvalue weighted by Crippen LogP contribution is 2.20. The molecule has 0 atom stereocenters. The van der Waals surface area contributed by atoms with Crippen molar-refractivity contribution in [2.45, 2.75) is 32.3 Å². The SMILES string of the molecule is CCC(O)(CC)CNc1ccc(Cl)c(F)c1. The van der Waals surface area contributed by atoms with E-state index in [2.05, 4.69) is 5.32 Å². The largest absolute Gasteiger partial charge is 0.388 e. The molecule has 0 bridgehead atoms. The molecule has 0 fully saturated rings. The molecular weight excluding hydrogens is 229 g/mol. The van der Waals surface area contributed by atoms with Crippen molar-refractivity contribution in [1.29, 1.82) is 0 Å². The Morgan fingerprint density at radius 3 is 2.50 bits per heavy atom. The molecule has 0 saturated heterocycles. The minimum Gasteiger partial charge on any atom is -0.388 e. The Labute approximate surface area is 100 Å². The third-order valence-corrected chi connectivity index (χ3v) is 3.16. The fourth-order valence-electron chi connectivity index (χ4n) is 1.37. The Morgan fingerprint density at radius 1 is 1.38 bits per heavy atom. The van der Waals surface area contributed by atoms with Crippen molar-refractivity contribution in [2.24, 2.45) is 0 Å². The van der Waals surface area contributed by atoms with E-state index in [-0.39, 0.29) is 5.02 Å². The second-order valence-electron chi connectivity index (χ2n) is 3.91. The van der Waals surface area contributed by atoms with E-state index >= 15 is 0 Å². The first-order valence-electron chi connectivity index (χ1n) is 5.42. The Balaban J connectivity index is 2.64. The van der Waals surface area contributed by atoms with Crippen LogP contribution in [0.25, 0.3) is 0 Å². The minimum atomic E-state index is -0.740. The minimum absolute atomic E-state index is 0.104. The monoisotopic (exact) mass is 245 g/mol. The van der Waals surface area contributed by atoms with Gasteiger partial charge in [-0.15, -0.1) is 0 Å². The lowest BCUT2D eigenvalue weighted by molar-refractivity contribution is 0.0457. The molecular formula is C12H17ClFNO. The van der Waals surface area contributed by atoms with E-state index in [1.807, 2.05) is 13.8 Å². The molecule has 0 amide bonds. The maximum absolute atomic E-state index is 13.1. The molecule has 1 rings (SSSR count). The number of hydrogen-bond acceptors (Lipinski definition) is 2. The molecule has 0 saturated carbocycles. The third kappa shape index (κ3) is 3.35. The Kier molecular flexibility index (Phi) is 4.56. The third-order valence-electron chi connectivity index (χ3n) is 2.86. The fraction of sp³-hybridized carbons (Fsp3) is 0.500. The number of rotatable bonds is 5. The average Bonchev–Trinajstić information content (AvgIpc) is 2.30. The fourth-order valence-corrected chi connectivity index (χ4v) is 1.49. The molecule has 0 radical (unpaired) electrons. The molecule has 4 heteroatoms. The summed E-state index contributed by atoms with van der Waals surface area (Å²) in [5.41, 5.74) is -0.113. The number of nitrogens with one attached hydrogen (secondary N) is 1. The van der Waals surface area contributed by atoms with E-state index < -0.39 is 11.4 Å². The highest BCUT2D eigenvalue weighted by Gasteiger charge is 2.21. The molecule has 0 heterocycles. The second-order valence-corrected chi connectivity index (χ2v) is 4.32. The van der Waals surface area contributed by atoms with Crippen molar-refractivity contribution in [2.75, 3.05) is 11.9 Å². The number of halogens is 2. The van der Waals surface area contributed by atoms with Gasteiger partial charge in [0.2, 0.25) is 0 Å². The first-order chi connectivity index (χ1) is 7.50. The molecule has 0 aliphatic rings. The summed E-state index contributed by atoms with van der Waals surface area (Å²) in [4.78, 5) is 0. The maximum atomic E-state index is 13.1. The first-order valence-corrected chi connectivity index (χ1v) is 5.80. The summed E-state index contributed by atoms with van der Waals surface area (Å²) in [6.45, 7) is 4.25. The molecule has 1 aromatic rings. The summed E-state index contributed by atoms with van der Waals surface area (Å²) in [5, 5.41) is 13.1. The summed E-state index contributed by atoms with van der Waals surface area (Å²) < 4.78 is 13.1. The molecule has 1 aromatic carbocycles. The van der Waals surface area contributed by atoms with Crippen molar-refractivity contribution in [1.82, 2.24) is 0 Å². The van der Waals surface area contributed by atoms with E-state index in [1.54, 1.807) is 6.07 Å². The van der Waals surface area contributed by atoms with E-state index in [1.165, 1.54) is 12.1 Å². The zero-order chi connectivity index (χ0) is 12.2. The molecule has 0 aliphatic carbocycles. The van der Waals surface area contributed by atoms with Gasteiger partial charge >= 0.3 is 0 Å². The van der Waals surface area contributed by atoms with E-state index in [0.717, 1.165) is 0 Å². The quantitative estimate of drug-likeness (QED) is 0.833. The second kappa shape index (κ2) is 5.51. The lowest BCUT2D eigenvalue weighted by Gasteiger charge is -2.26. The van der Waals surface area contributed by atoms with Crippen LogP contribution in [0.15, 0.2) is 18.2 Å². The van der Waals surface area contributed by atoms with Crippen LogP contribution in [-0.4, -0.2) is 17.3 Å². The highest BCUT2D eigenvalue weighted by molar-refractivity contribution is 6.30. The first kappa shape index (κ1) is 13.3. The van der Waals surface area contributed by atoms with Gasteiger partial charge in [-0.2, -0.15) is 0 Å². The predicted octanol–water partition coefficient (Wildman–Crippen LogP) is 3.44. The van der Waals surface area contributed by atoms with Gasteiger partial charge in [-0.05, 0) is 31.0 Å². The van der Waals surface area contributed by atoms with Crippen LogP contribution in [0.1, 0.15) is 26.7 Å². The zero-order valence-electron chi connectivity index (χ0n) is 9.56. The topological polar surface area (TPSA) is 32.3 Å². The van der Waals surface area contributed by atoms with Crippen LogP contribution in [0, 0.1) is 5.82 Å². The zero-order valence-corrected chi connectivity index (χ0v) is 10.3. The van der Waals surface area contributed by atoms with Gasteiger partial charge in [0.1, 0.15) is 5.82 Å². The normalized spacial score (nSPS) is 11.6. The Bertz CT molecular complexity index is 353. The highest BCUT2D eigenvalue weighted by atomic mass is 35.5. The van der Waals surface area contributed by atoms with Crippen LogP contribution < -0.4 is 5.32 Å². The van der Waals surface area contributed by atoms with Gasteiger partial charge in [0, 0.05) is 12.2 Å². The Hall–Kier alpha value is -0.800. The van der Waals surface area contributed by atoms with E-state index in [4.69, 9.17) is 11.6 Å². The van der Waals surface area contributed by atoms with Crippen LogP contribution >= 0.6 is 11.6 Å². The van der Waals surface area contributed by atoms with Crippen LogP contribution in [0.4, 0.5) is 10.1 Å². The van der Waals surface area contributed by atoms with Crippen molar-refractivity contribution < 1.29 is 9.50 Å². The van der Waals surface area contributed by atoms with E-state index in [9.17, 15) is 9.50 Å². The van der Waals surface area contributed by atoms with Crippen molar-refractivity contribution in [3.63, 3.8) is 0 Å². The van der Waals surface area contributed by atoms with Crippen molar-refractivity contribution in [3.8, 4) is 0 Å². The van der Waals surface area contributed by atoms with E-state index in [0.29, 0.717) is 25.1 Å². The van der Waals surface area contributed by atoms with Crippen LogP contribution in [0.5, 0.6) is 0 Å². The summed E-state index contributed by atoms with van der Waals surface area (Å²) in [7, 11) is 0. The van der Waals surface area contributed by atoms with Gasteiger partial charge in [-0.1, -0.05) is 25.4 Å². The lowest BCUT2D eigenvalue weighted by Crippen LogP contribution is -2.35. The molecule has 2 nitrogen and oxygen atoms in total. The average molecular weight is 246 g/mol. The number of anilines is 1. The number of hydrogen-bond donors (Lipinski definition) is 2. The number of benzene rings is 1. The summed E-state index contributed by atoms with van der Waals surface area (Å²) in [6, 6.07) is 4.52.